The second kappa shape index (κ2) is 5.64. The van der Waals surface area contributed by atoms with Gasteiger partial charge in [0.2, 0.25) is 0 Å². The molecule has 0 saturated carbocycles. The van der Waals surface area contributed by atoms with Crippen molar-refractivity contribution in [1.29, 1.82) is 0 Å². The van der Waals surface area contributed by atoms with Crippen molar-refractivity contribution in [2.75, 3.05) is 14.2 Å². The molecule has 0 aliphatic rings. The van der Waals surface area contributed by atoms with Crippen LogP contribution in [0.15, 0.2) is 30.3 Å². The Hall–Kier alpha value is -2.23. The molecular formula is C17H20O4. The minimum absolute atomic E-state index is 0.385. The van der Waals surface area contributed by atoms with E-state index in [9.17, 15) is 9.90 Å². The first kappa shape index (κ1) is 15.2. The molecule has 0 atom stereocenters. The molecule has 0 unspecified atom stereocenters. The van der Waals surface area contributed by atoms with Crippen molar-refractivity contribution in [3.05, 3.63) is 35.9 Å². The molecule has 0 aliphatic carbocycles. The second-order valence-corrected chi connectivity index (χ2v) is 5.70. The summed E-state index contributed by atoms with van der Waals surface area (Å²) in [5, 5.41) is 11.4. The molecule has 0 amide bonds. The number of rotatable bonds is 5. The van der Waals surface area contributed by atoms with E-state index in [1.165, 1.54) is 0 Å². The fraction of sp³-hybridized carbons (Fsp3) is 0.353. The third-order valence-corrected chi connectivity index (χ3v) is 3.71. The van der Waals surface area contributed by atoms with Crippen LogP contribution in [0.25, 0.3) is 10.8 Å². The van der Waals surface area contributed by atoms with Gasteiger partial charge in [-0.05, 0) is 49.2 Å². The summed E-state index contributed by atoms with van der Waals surface area (Å²) < 4.78 is 10.7. The molecule has 0 aliphatic heterocycles. The van der Waals surface area contributed by atoms with Crippen LogP contribution in [0.2, 0.25) is 0 Å². The summed E-state index contributed by atoms with van der Waals surface area (Å²) in [5.74, 6) is 0.611. The van der Waals surface area contributed by atoms with Gasteiger partial charge in [0.15, 0.2) is 0 Å². The lowest BCUT2D eigenvalue weighted by molar-refractivity contribution is -0.146. The van der Waals surface area contributed by atoms with E-state index in [0.29, 0.717) is 12.2 Å². The Balaban J connectivity index is 2.65. The van der Waals surface area contributed by atoms with Crippen LogP contribution in [0.1, 0.15) is 19.4 Å². The third kappa shape index (κ3) is 2.94. The van der Waals surface area contributed by atoms with Gasteiger partial charge in [-0.2, -0.15) is 0 Å². The number of aliphatic carboxylic acids is 1. The molecule has 21 heavy (non-hydrogen) atoms. The molecule has 0 bridgehead atoms. The molecule has 0 aromatic heterocycles. The molecule has 2 rings (SSSR count). The first-order valence-electron chi connectivity index (χ1n) is 6.76. The van der Waals surface area contributed by atoms with E-state index in [-0.39, 0.29) is 0 Å². The van der Waals surface area contributed by atoms with E-state index < -0.39 is 11.4 Å². The van der Waals surface area contributed by atoms with Gasteiger partial charge in [-0.3, -0.25) is 4.79 Å². The van der Waals surface area contributed by atoms with Crippen molar-refractivity contribution >= 4 is 16.7 Å². The molecule has 4 heteroatoms. The van der Waals surface area contributed by atoms with Gasteiger partial charge in [-0.25, -0.2) is 0 Å². The van der Waals surface area contributed by atoms with Gasteiger partial charge in [0.05, 0.1) is 19.6 Å². The maximum Gasteiger partial charge on any atom is 0.309 e. The Kier molecular flexibility index (Phi) is 4.07. The number of fused-ring (bicyclic) bond motifs is 1. The first-order chi connectivity index (χ1) is 9.89. The SMILES string of the molecule is COc1ccc2ccc(OC)c(CC(C)(C)C(=O)O)c2c1. The molecule has 0 fully saturated rings. The lowest BCUT2D eigenvalue weighted by atomic mass is 9.84. The fourth-order valence-electron chi connectivity index (χ4n) is 2.36. The van der Waals surface area contributed by atoms with Crippen molar-refractivity contribution in [3.8, 4) is 11.5 Å². The first-order valence-corrected chi connectivity index (χ1v) is 6.76. The average molecular weight is 288 g/mol. The molecule has 0 heterocycles. The molecule has 1 N–H and O–H groups in total. The number of carboxylic acid groups (broad SMARTS) is 1. The zero-order valence-corrected chi connectivity index (χ0v) is 12.8. The molecule has 0 saturated heterocycles. The van der Waals surface area contributed by atoms with Gasteiger partial charge >= 0.3 is 5.97 Å². The minimum atomic E-state index is -0.870. The number of carbonyl (C=O) groups is 1. The molecule has 4 nitrogen and oxygen atoms in total. The van der Waals surface area contributed by atoms with Crippen LogP contribution >= 0.6 is 0 Å². The summed E-state index contributed by atoms with van der Waals surface area (Å²) >= 11 is 0. The minimum Gasteiger partial charge on any atom is -0.497 e. The van der Waals surface area contributed by atoms with Gasteiger partial charge in [0.25, 0.3) is 0 Å². The number of ether oxygens (including phenoxy) is 2. The van der Waals surface area contributed by atoms with Gasteiger partial charge in [-0.1, -0.05) is 12.1 Å². The quantitative estimate of drug-likeness (QED) is 0.914. The molecule has 112 valence electrons. The van der Waals surface area contributed by atoms with Crippen LogP contribution in [0, 0.1) is 5.41 Å². The lowest BCUT2D eigenvalue weighted by Gasteiger charge is -2.22. The predicted octanol–water partition coefficient (Wildman–Crippen LogP) is 3.51. The predicted molar refractivity (Wildman–Crippen MR) is 82.2 cm³/mol. The van der Waals surface area contributed by atoms with Gasteiger partial charge in [0, 0.05) is 5.56 Å². The van der Waals surface area contributed by atoms with Crippen LogP contribution < -0.4 is 9.47 Å². The highest BCUT2D eigenvalue weighted by Gasteiger charge is 2.29. The van der Waals surface area contributed by atoms with Gasteiger partial charge in [-0.15, -0.1) is 0 Å². The number of methoxy groups -OCH3 is 2. The van der Waals surface area contributed by atoms with Crippen LogP contribution in [0.3, 0.4) is 0 Å². The number of carboxylic acids is 1. The van der Waals surface area contributed by atoms with E-state index in [2.05, 4.69) is 0 Å². The number of benzene rings is 2. The highest BCUT2D eigenvalue weighted by atomic mass is 16.5. The third-order valence-electron chi connectivity index (χ3n) is 3.71. The maximum atomic E-state index is 11.4. The second-order valence-electron chi connectivity index (χ2n) is 5.70. The zero-order chi connectivity index (χ0) is 15.6. The summed E-state index contributed by atoms with van der Waals surface area (Å²) in [6.07, 6.45) is 0.385. The Morgan fingerprint density at radius 3 is 2.38 bits per heavy atom. The molecule has 2 aromatic carbocycles. The van der Waals surface area contributed by atoms with Crippen LogP contribution in [0.5, 0.6) is 11.5 Å². The number of hydrogen-bond acceptors (Lipinski definition) is 3. The van der Waals surface area contributed by atoms with Crippen molar-refractivity contribution in [2.45, 2.75) is 20.3 Å². The highest BCUT2D eigenvalue weighted by molar-refractivity contribution is 5.90. The van der Waals surface area contributed by atoms with Crippen LogP contribution in [0.4, 0.5) is 0 Å². The summed E-state index contributed by atoms with van der Waals surface area (Å²) in [5.41, 5.74) is 0.0197. The van der Waals surface area contributed by atoms with Gasteiger partial charge < -0.3 is 14.6 Å². The standard InChI is InChI=1S/C17H20O4/c1-17(2,16(18)19)10-14-13-9-12(20-3)7-5-11(13)6-8-15(14)21-4/h5-9H,10H2,1-4H3,(H,18,19). The Bertz CT molecular complexity index is 669. The van der Waals surface area contributed by atoms with E-state index in [1.54, 1.807) is 28.1 Å². The number of hydrogen-bond donors (Lipinski definition) is 1. The van der Waals surface area contributed by atoms with Gasteiger partial charge in [0.1, 0.15) is 11.5 Å². The maximum absolute atomic E-state index is 11.4. The van der Waals surface area contributed by atoms with E-state index >= 15 is 0 Å². The van der Waals surface area contributed by atoms with Crippen LogP contribution in [-0.4, -0.2) is 25.3 Å². The smallest absolute Gasteiger partial charge is 0.309 e. The summed E-state index contributed by atoms with van der Waals surface area (Å²) in [7, 11) is 3.21. The van der Waals surface area contributed by atoms with E-state index in [1.807, 2.05) is 30.3 Å². The Labute approximate surface area is 124 Å². The van der Waals surface area contributed by atoms with Crippen molar-refractivity contribution in [2.24, 2.45) is 5.41 Å². The molecular weight excluding hydrogens is 268 g/mol. The summed E-state index contributed by atoms with van der Waals surface area (Å²) in [6.45, 7) is 3.43. The van der Waals surface area contributed by atoms with Crippen LogP contribution in [-0.2, 0) is 11.2 Å². The largest absolute Gasteiger partial charge is 0.497 e. The zero-order valence-electron chi connectivity index (χ0n) is 12.8. The van der Waals surface area contributed by atoms with Crippen molar-refractivity contribution in [1.82, 2.24) is 0 Å². The van der Waals surface area contributed by atoms with Crippen molar-refractivity contribution in [3.63, 3.8) is 0 Å². The average Bonchev–Trinajstić information content (AvgIpc) is 2.46. The molecule has 2 aromatic rings. The molecule has 0 radical (unpaired) electrons. The lowest BCUT2D eigenvalue weighted by Crippen LogP contribution is -2.26. The highest BCUT2D eigenvalue weighted by Crippen LogP contribution is 2.35. The molecule has 0 spiro atoms. The van der Waals surface area contributed by atoms with Crippen molar-refractivity contribution < 1.29 is 19.4 Å². The Morgan fingerprint density at radius 2 is 1.81 bits per heavy atom. The normalized spacial score (nSPS) is 11.4. The van der Waals surface area contributed by atoms with E-state index in [0.717, 1.165) is 22.1 Å². The summed E-state index contributed by atoms with van der Waals surface area (Å²) in [6, 6.07) is 9.61. The Morgan fingerprint density at radius 1 is 1.14 bits per heavy atom. The summed E-state index contributed by atoms with van der Waals surface area (Å²) in [4.78, 5) is 11.4. The van der Waals surface area contributed by atoms with E-state index in [4.69, 9.17) is 9.47 Å². The topological polar surface area (TPSA) is 55.8 Å². The fourth-order valence-corrected chi connectivity index (χ4v) is 2.36. The monoisotopic (exact) mass is 288 g/mol.